The van der Waals surface area contributed by atoms with E-state index in [0.717, 1.165) is 22.7 Å². The van der Waals surface area contributed by atoms with Crippen molar-refractivity contribution < 1.29 is 0 Å². The third-order valence-electron chi connectivity index (χ3n) is 12.3. The van der Waals surface area contributed by atoms with E-state index in [2.05, 4.69) is 240 Å². The van der Waals surface area contributed by atoms with Crippen molar-refractivity contribution in [3.8, 4) is 27.9 Å². The fraction of sp³-hybridized carbons (Fsp3) is 0. The molecule has 0 atom stereocenters. The molecule has 2 nitrogen and oxygen atoms in total. The molecule has 0 fully saturated rings. The Labute approximate surface area is 348 Å². The van der Waals surface area contributed by atoms with E-state index in [1.165, 1.54) is 87.1 Å². The van der Waals surface area contributed by atoms with Gasteiger partial charge in [-0.1, -0.05) is 164 Å². The van der Waals surface area contributed by atoms with Crippen molar-refractivity contribution in [2.24, 2.45) is 0 Å². The maximum atomic E-state index is 2.49. The van der Waals surface area contributed by atoms with Crippen LogP contribution in [0.25, 0.3) is 92.8 Å². The minimum Gasteiger partial charge on any atom is -0.311 e. The number of anilines is 3. The van der Waals surface area contributed by atoms with Crippen LogP contribution in [-0.2, 0) is 0 Å². The van der Waals surface area contributed by atoms with Crippen LogP contribution in [0.1, 0.15) is 0 Å². The molecular formula is C58H38N2. The van der Waals surface area contributed by atoms with Gasteiger partial charge in [0.05, 0.1) is 11.0 Å². The SMILES string of the molecule is c1ccc(N(c2ccccc2)c2ccc(-c3ccc(-n4c5ccccc5c5cc6ccccc6c(-c6ccc7c8ccccc8c8ccccc8c7c6)c54)cc3)cc2)cc1. The normalized spacial score (nSPS) is 11.7. The van der Waals surface area contributed by atoms with Crippen LogP contribution < -0.4 is 4.90 Å². The third kappa shape index (κ3) is 5.42. The highest BCUT2D eigenvalue weighted by atomic mass is 15.1. The van der Waals surface area contributed by atoms with E-state index in [0.29, 0.717) is 0 Å². The zero-order valence-corrected chi connectivity index (χ0v) is 32.8. The summed E-state index contributed by atoms with van der Waals surface area (Å²) in [5, 5.41) is 12.7. The third-order valence-corrected chi connectivity index (χ3v) is 12.3. The number of hydrogen-bond acceptors (Lipinski definition) is 1. The lowest BCUT2D eigenvalue weighted by molar-refractivity contribution is 1.18. The molecule has 0 amide bonds. The Morgan fingerprint density at radius 2 is 0.733 bits per heavy atom. The maximum Gasteiger partial charge on any atom is 0.0625 e. The van der Waals surface area contributed by atoms with Gasteiger partial charge in [0, 0.05) is 39.1 Å². The first-order valence-corrected chi connectivity index (χ1v) is 20.7. The molecule has 280 valence electrons. The van der Waals surface area contributed by atoms with Crippen molar-refractivity contribution in [1.82, 2.24) is 4.57 Å². The Bertz CT molecular complexity index is 3490. The lowest BCUT2D eigenvalue weighted by Crippen LogP contribution is -2.09. The van der Waals surface area contributed by atoms with Gasteiger partial charge >= 0.3 is 0 Å². The Kier molecular flexibility index (Phi) is 7.89. The average molecular weight is 763 g/mol. The molecule has 0 saturated carbocycles. The molecule has 12 aromatic rings. The van der Waals surface area contributed by atoms with E-state index in [4.69, 9.17) is 0 Å². The number of rotatable bonds is 6. The van der Waals surface area contributed by atoms with Gasteiger partial charge in [0.15, 0.2) is 0 Å². The smallest absolute Gasteiger partial charge is 0.0625 e. The van der Waals surface area contributed by atoms with Crippen LogP contribution in [-0.4, -0.2) is 4.57 Å². The summed E-state index contributed by atoms with van der Waals surface area (Å²) >= 11 is 0. The molecule has 12 rings (SSSR count). The zero-order valence-electron chi connectivity index (χ0n) is 32.8. The van der Waals surface area contributed by atoms with Crippen LogP contribution in [0.3, 0.4) is 0 Å². The van der Waals surface area contributed by atoms with E-state index >= 15 is 0 Å². The molecule has 0 unspecified atom stereocenters. The fourth-order valence-corrected chi connectivity index (χ4v) is 9.62. The Hall–Kier alpha value is -7.94. The lowest BCUT2D eigenvalue weighted by Gasteiger charge is -2.25. The number of aromatic nitrogens is 1. The monoisotopic (exact) mass is 762 g/mol. The second-order valence-electron chi connectivity index (χ2n) is 15.7. The van der Waals surface area contributed by atoms with Gasteiger partial charge in [0.25, 0.3) is 0 Å². The largest absolute Gasteiger partial charge is 0.311 e. The molecule has 0 aliphatic heterocycles. The minimum absolute atomic E-state index is 1.12. The van der Waals surface area contributed by atoms with Gasteiger partial charge < -0.3 is 9.47 Å². The van der Waals surface area contributed by atoms with E-state index in [9.17, 15) is 0 Å². The topological polar surface area (TPSA) is 8.17 Å². The van der Waals surface area contributed by atoms with Crippen LogP contribution >= 0.6 is 0 Å². The molecule has 0 radical (unpaired) electrons. The van der Waals surface area contributed by atoms with Gasteiger partial charge in [-0.3, -0.25) is 0 Å². The van der Waals surface area contributed by atoms with Crippen molar-refractivity contribution in [2.45, 2.75) is 0 Å². The first-order chi connectivity index (χ1) is 29.8. The number of benzene rings is 11. The predicted octanol–water partition coefficient (Wildman–Crippen LogP) is 16.2. The lowest BCUT2D eigenvalue weighted by atomic mass is 9.90. The molecule has 2 heteroatoms. The summed E-state index contributed by atoms with van der Waals surface area (Å²) in [5.74, 6) is 0. The molecule has 0 aliphatic rings. The molecule has 0 N–H and O–H groups in total. The summed E-state index contributed by atoms with van der Waals surface area (Å²) < 4.78 is 2.49. The van der Waals surface area contributed by atoms with Crippen LogP contribution in [0.15, 0.2) is 231 Å². The standard InChI is InChI=1S/C58H38N2/c1-3-16-43(17-4-1)59(44-18-5-2-6-19-44)45-32-27-39(28-33-45)40-29-34-46(35-30-40)60-56-26-14-13-25-53(56)55-37-41-15-7-8-20-47(41)57(58(55)60)42-31-36-52-50-23-10-9-21-48(50)49-22-11-12-24-51(49)54(52)38-42/h1-38H. The molecular weight excluding hydrogens is 725 g/mol. The summed E-state index contributed by atoms with van der Waals surface area (Å²) in [6.45, 7) is 0. The molecule has 0 saturated heterocycles. The Morgan fingerprint density at radius 1 is 0.283 bits per heavy atom. The van der Waals surface area contributed by atoms with Crippen molar-refractivity contribution in [3.63, 3.8) is 0 Å². The minimum atomic E-state index is 1.12. The van der Waals surface area contributed by atoms with Gasteiger partial charge in [-0.25, -0.2) is 0 Å². The van der Waals surface area contributed by atoms with Gasteiger partial charge in [0.1, 0.15) is 0 Å². The van der Waals surface area contributed by atoms with Crippen molar-refractivity contribution in [2.75, 3.05) is 4.90 Å². The molecule has 11 aromatic carbocycles. The molecule has 60 heavy (non-hydrogen) atoms. The van der Waals surface area contributed by atoms with E-state index in [-0.39, 0.29) is 0 Å². The first kappa shape index (κ1) is 34.1. The second kappa shape index (κ2) is 13.9. The number of para-hydroxylation sites is 3. The molecule has 0 spiro atoms. The van der Waals surface area contributed by atoms with Crippen LogP contribution in [0.4, 0.5) is 17.1 Å². The average Bonchev–Trinajstić information content (AvgIpc) is 3.65. The highest BCUT2D eigenvalue weighted by molar-refractivity contribution is 6.27. The molecule has 0 bridgehead atoms. The Morgan fingerprint density at radius 3 is 1.35 bits per heavy atom. The fourth-order valence-electron chi connectivity index (χ4n) is 9.62. The first-order valence-electron chi connectivity index (χ1n) is 20.7. The van der Waals surface area contributed by atoms with Gasteiger partial charge in [-0.15, -0.1) is 0 Å². The summed E-state index contributed by atoms with van der Waals surface area (Å²) in [4.78, 5) is 2.30. The second-order valence-corrected chi connectivity index (χ2v) is 15.7. The molecule has 0 aliphatic carbocycles. The van der Waals surface area contributed by atoms with Crippen molar-refractivity contribution in [1.29, 1.82) is 0 Å². The van der Waals surface area contributed by atoms with E-state index < -0.39 is 0 Å². The van der Waals surface area contributed by atoms with Gasteiger partial charge in [-0.2, -0.15) is 0 Å². The summed E-state index contributed by atoms with van der Waals surface area (Å²) in [5.41, 5.74) is 11.7. The number of hydrogen-bond donors (Lipinski definition) is 0. The summed E-state index contributed by atoms with van der Waals surface area (Å²) in [6, 6.07) is 84.1. The van der Waals surface area contributed by atoms with Crippen LogP contribution in [0.2, 0.25) is 0 Å². The quantitative estimate of drug-likeness (QED) is 0.153. The summed E-state index contributed by atoms with van der Waals surface area (Å²) in [7, 11) is 0. The molecule has 1 aromatic heterocycles. The molecule has 1 heterocycles. The number of fused-ring (bicyclic) bond motifs is 10. The predicted molar refractivity (Wildman–Crippen MR) is 256 cm³/mol. The summed E-state index contributed by atoms with van der Waals surface area (Å²) in [6.07, 6.45) is 0. The van der Waals surface area contributed by atoms with Crippen LogP contribution in [0.5, 0.6) is 0 Å². The zero-order chi connectivity index (χ0) is 39.6. The van der Waals surface area contributed by atoms with Gasteiger partial charge in [-0.05, 0) is 127 Å². The highest BCUT2D eigenvalue weighted by Crippen LogP contribution is 2.45. The maximum absolute atomic E-state index is 2.49. The highest BCUT2D eigenvalue weighted by Gasteiger charge is 2.21. The van der Waals surface area contributed by atoms with Crippen molar-refractivity contribution >= 4 is 82.0 Å². The van der Waals surface area contributed by atoms with Gasteiger partial charge in [0.2, 0.25) is 0 Å². The van der Waals surface area contributed by atoms with E-state index in [1.807, 2.05) is 0 Å². The Balaban J connectivity index is 1.03. The number of nitrogens with zero attached hydrogens (tertiary/aromatic N) is 2. The van der Waals surface area contributed by atoms with E-state index in [1.54, 1.807) is 0 Å². The van der Waals surface area contributed by atoms with Crippen LogP contribution in [0, 0.1) is 0 Å². The van der Waals surface area contributed by atoms with Crippen molar-refractivity contribution in [3.05, 3.63) is 231 Å².